The number of nitrogens with zero attached hydrogens (tertiary/aromatic N) is 2. The number of benzene rings is 1. The highest BCUT2D eigenvalue weighted by molar-refractivity contribution is 5.87. The van der Waals surface area contributed by atoms with Gasteiger partial charge < -0.3 is 14.8 Å². The lowest BCUT2D eigenvalue weighted by atomic mass is 10.0. The van der Waals surface area contributed by atoms with E-state index in [2.05, 4.69) is 21.9 Å². The first-order chi connectivity index (χ1) is 12.4. The fourth-order valence-electron chi connectivity index (χ4n) is 2.47. The minimum atomic E-state index is -4.61. The molecule has 9 heteroatoms. The molecule has 2 aromatic rings. The van der Waals surface area contributed by atoms with Crippen molar-refractivity contribution in [3.63, 3.8) is 0 Å². The zero-order chi connectivity index (χ0) is 18.7. The molecule has 0 saturated heterocycles. The Hall–Kier alpha value is -3.10. The highest BCUT2D eigenvalue weighted by Crippen LogP contribution is 2.37. The average Bonchev–Trinajstić information content (AvgIpc) is 2.61. The van der Waals surface area contributed by atoms with Crippen molar-refractivity contribution in [3.8, 4) is 17.2 Å². The summed E-state index contributed by atoms with van der Waals surface area (Å²) in [5.41, 5.74) is 0.802. The van der Waals surface area contributed by atoms with Crippen LogP contribution in [0, 0.1) is 0 Å². The number of para-hydroxylation sites is 1. The number of fused-ring (bicyclic) bond motifs is 1. The van der Waals surface area contributed by atoms with Crippen LogP contribution in [0.5, 0.6) is 17.2 Å². The van der Waals surface area contributed by atoms with Gasteiger partial charge in [0.25, 0.3) is 0 Å². The van der Waals surface area contributed by atoms with Crippen molar-refractivity contribution in [2.75, 3.05) is 6.61 Å². The van der Waals surface area contributed by atoms with Gasteiger partial charge in [-0.1, -0.05) is 18.7 Å². The van der Waals surface area contributed by atoms with Gasteiger partial charge >= 0.3 is 6.18 Å². The van der Waals surface area contributed by atoms with Crippen molar-refractivity contribution in [1.82, 2.24) is 15.3 Å². The summed E-state index contributed by atoms with van der Waals surface area (Å²) in [4.78, 5) is 17.9. The van der Waals surface area contributed by atoms with Gasteiger partial charge in [-0.3, -0.25) is 4.79 Å². The van der Waals surface area contributed by atoms with Gasteiger partial charge in [-0.15, -0.1) is 0 Å². The van der Waals surface area contributed by atoms with Crippen LogP contribution in [-0.2, 0) is 17.4 Å². The Morgan fingerprint density at radius 3 is 2.73 bits per heavy atom. The van der Waals surface area contributed by atoms with E-state index < -0.39 is 12.0 Å². The van der Waals surface area contributed by atoms with Gasteiger partial charge in [0.1, 0.15) is 6.61 Å². The number of carbonyl (C=O) groups is 1. The van der Waals surface area contributed by atoms with Gasteiger partial charge in [0.15, 0.2) is 17.2 Å². The van der Waals surface area contributed by atoms with Gasteiger partial charge in [-0.2, -0.15) is 13.2 Å². The van der Waals surface area contributed by atoms with Crippen LogP contribution in [0.3, 0.4) is 0 Å². The molecule has 3 rings (SSSR count). The van der Waals surface area contributed by atoms with Crippen LogP contribution in [0.1, 0.15) is 11.4 Å². The van der Waals surface area contributed by atoms with Gasteiger partial charge in [0.05, 0.1) is 18.4 Å². The van der Waals surface area contributed by atoms with E-state index in [1.807, 2.05) is 6.07 Å². The Kier molecular flexibility index (Phi) is 4.79. The van der Waals surface area contributed by atoms with Gasteiger partial charge in [0, 0.05) is 5.56 Å². The van der Waals surface area contributed by atoms with Gasteiger partial charge in [0.2, 0.25) is 11.7 Å². The fourth-order valence-corrected chi connectivity index (χ4v) is 2.47. The Labute approximate surface area is 146 Å². The maximum absolute atomic E-state index is 12.5. The van der Waals surface area contributed by atoms with E-state index in [-0.39, 0.29) is 24.3 Å². The topological polar surface area (TPSA) is 73.3 Å². The van der Waals surface area contributed by atoms with E-state index in [0.29, 0.717) is 17.9 Å². The van der Waals surface area contributed by atoms with Crippen LogP contribution in [0.15, 0.2) is 43.2 Å². The molecule has 0 fully saturated rings. The van der Waals surface area contributed by atoms with E-state index >= 15 is 0 Å². The summed E-state index contributed by atoms with van der Waals surface area (Å²) in [6.07, 6.45) is -1.01. The number of rotatable bonds is 4. The summed E-state index contributed by atoms with van der Waals surface area (Å²) in [6, 6.07) is 4.95. The Morgan fingerprint density at radius 2 is 2.08 bits per heavy atom. The number of ether oxygens (including phenoxy) is 2. The van der Waals surface area contributed by atoms with E-state index in [1.165, 1.54) is 6.08 Å². The van der Waals surface area contributed by atoms with Crippen molar-refractivity contribution in [3.05, 3.63) is 54.6 Å². The summed E-state index contributed by atoms with van der Waals surface area (Å²) >= 11 is 0. The maximum Gasteiger partial charge on any atom is 0.451 e. The summed E-state index contributed by atoms with van der Waals surface area (Å²) in [5.74, 6) is -0.679. The van der Waals surface area contributed by atoms with Crippen molar-refractivity contribution in [2.45, 2.75) is 18.6 Å². The van der Waals surface area contributed by atoms with Crippen molar-refractivity contribution >= 4 is 5.91 Å². The number of alkyl halides is 3. The predicted molar refractivity (Wildman–Crippen MR) is 84.9 cm³/mol. The fraction of sp³-hybridized carbons (Fsp3) is 0.235. The highest BCUT2D eigenvalue weighted by atomic mass is 19.4. The average molecular weight is 365 g/mol. The second kappa shape index (κ2) is 7.03. The van der Waals surface area contributed by atoms with Crippen LogP contribution in [0.2, 0.25) is 0 Å². The molecular weight excluding hydrogens is 351 g/mol. The SMILES string of the molecule is C=CC(=O)NC1COc2c(cccc2Oc2cnc(C(F)(F)F)nc2)C1. The molecule has 1 N–H and O–H groups in total. The number of hydrogen-bond donors (Lipinski definition) is 1. The first-order valence-electron chi connectivity index (χ1n) is 7.61. The molecule has 1 aliphatic rings. The molecule has 0 saturated carbocycles. The van der Waals surface area contributed by atoms with Crippen LogP contribution in [-0.4, -0.2) is 28.5 Å². The van der Waals surface area contributed by atoms with E-state index in [4.69, 9.17) is 9.47 Å². The highest BCUT2D eigenvalue weighted by Gasteiger charge is 2.34. The number of nitrogens with one attached hydrogen (secondary N) is 1. The molecule has 0 radical (unpaired) electrons. The normalized spacial score (nSPS) is 16.2. The molecule has 1 aliphatic heterocycles. The van der Waals surface area contributed by atoms with Crippen LogP contribution < -0.4 is 14.8 Å². The molecule has 0 aliphatic carbocycles. The standard InChI is InChI=1S/C17H14F3N3O3/c1-2-14(24)23-11-6-10-4-3-5-13(15(10)25-9-11)26-12-7-21-16(22-8-12)17(18,19)20/h2-5,7-8,11H,1,6,9H2,(H,23,24). The first kappa shape index (κ1) is 17.7. The monoisotopic (exact) mass is 365 g/mol. The molecule has 1 aromatic carbocycles. The van der Waals surface area contributed by atoms with Crippen LogP contribution in [0.25, 0.3) is 0 Å². The summed E-state index contributed by atoms with van der Waals surface area (Å²) in [5, 5.41) is 2.75. The third kappa shape index (κ3) is 3.93. The molecule has 1 aromatic heterocycles. The second-order valence-corrected chi connectivity index (χ2v) is 5.51. The number of hydrogen-bond acceptors (Lipinski definition) is 5. The predicted octanol–water partition coefficient (Wildman–Crippen LogP) is 2.89. The number of aromatic nitrogens is 2. The minimum absolute atomic E-state index is 0.0529. The third-order valence-corrected chi connectivity index (χ3v) is 3.60. The maximum atomic E-state index is 12.5. The molecule has 1 amide bonds. The first-order valence-corrected chi connectivity index (χ1v) is 7.61. The molecule has 26 heavy (non-hydrogen) atoms. The molecule has 6 nitrogen and oxygen atoms in total. The molecule has 2 heterocycles. The summed E-state index contributed by atoms with van der Waals surface area (Å²) < 4.78 is 48.7. The molecule has 0 spiro atoms. The lowest BCUT2D eigenvalue weighted by Gasteiger charge is -2.27. The van der Waals surface area contributed by atoms with Crippen LogP contribution in [0.4, 0.5) is 13.2 Å². The Morgan fingerprint density at radius 1 is 1.35 bits per heavy atom. The number of carbonyl (C=O) groups excluding carboxylic acids is 1. The van der Waals surface area contributed by atoms with E-state index in [1.54, 1.807) is 12.1 Å². The van der Waals surface area contributed by atoms with Crippen LogP contribution >= 0.6 is 0 Å². The Balaban J connectivity index is 1.76. The molecule has 0 bridgehead atoms. The molecule has 1 unspecified atom stereocenters. The minimum Gasteiger partial charge on any atom is -0.487 e. The number of amides is 1. The van der Waals surface area contributed by atoms with Crippen molar-refractivity contribution < 1.29 is 27.4 Å². The smallest absolute Gasteiger partial charge is 0.451 e. The molecule has 1 atom stereocenters. The zero-order valence-corrected chi connectivity index (χ0v) is 13.4. The summed E-state index contributed by atoms with van der Waals surface area (Å²) in [7, 11) is 0. The van der Waals surface area contributed by atoms with Crippen molar-refractivity contribution in [1.29, 1.82) is 0 Å². The third-order valence-electron chi connectivity index (χ3n) is 3.60. The van der Waals surface area contributed by atoms with E-state index in [0.717, 1.165) is 18.0 Å². The quantitative estimate of drug-likeness (QED) is 0.844. The molecule has 136 valence electrons. The number of halogens is 3. The van der Waals surface area contributed by atoms with E-state index in [9.17, 15) is 18.0 Å². The lowest BCUT2D eigenvalue weighted by molar-refractivity contribution is -0.145. The largest absolute Gasteiger partial charge is 0.487 e. The van der Waals surface area contributed by atoms with Gasteiger partial charge in [-0.05, 0) is 18.6 Å². The zero-order valence-electron chi connectivity index (χ0n) is 13.4. The second-order valence-electron chi connectivity index (χ2n) is 5.51. The summed E-state index contributed by atoms with van der Waals surface area (Å²) in [6.45, 7) is 3.63. The molecular formula is C17H14F3N3O3. The lowest BCUT2D eigenvalue weighted by Crippen LogP contribution is -2.42. The van der Waals surface area contributed by atoms with Gasteiger partial charge in [-0.25, -0.2) is 9.97 Å². The van der Waals surface area contributed by atoms with Crippen molar-refractivity contribution in [2.24, 2.45) is 0 Å². The Bertz CT molecular complexity index is 822.